The number of aryl methyl sites for hydroxylation is 1. The van der Waals surface area contributed by atoms with E-state index in [2.05, 4.69) is 5.32 Å². The van der Waals surface area contributed by atoms with Gasteiger partial charge in [0.1, 0.15) is 24.0 Å². The van der Waals surface area contributed by atoms with Crippen LogP contribution < -0.4 is 15.8 Å². The number of nitrogens with one attached hydrogen (secondary N) is 1. The van der Waals surface area contributed by atoms with E-state index in [1.807, 2.05) is 61.5 Å². The predicted molar refractivity (Wildman–Crippen MR) is 93.7 cm³/mol. The SMILES string of the molecule is Cc1cccc(OCC(O)CNC(C)(C(N)=O)c2ccccc2)c1. The van der Waals surface area contributed by atoms with E-state index in [1.165, 1.54) is 0 Å². The number of ether oxygens (including phenoxy) is 1. The van der Waals surface area contributed by atoms with Crippen LogP contribution in [0.1, 0.15) is 18.1 Å². The Morgan fingerprint density at radius 1 is 1.25 bits per heavy atom. The lowest BCUT2D eigenvalue weighted by atomic mass is 9.91. The first kappa shape index (κ1) is 18.0. The van der Waals surface area contributed by atoms with Crippen molar-refractivity contribution in [1.29, 1.82) is 0 Å². The molecule has 0 aliphatic heterocycles. The second kappa shape index (κ2) is 7.95. The molecule has 2 aromatic rings. The average molecular weight is 328 g/mol. The Labute approximate surface area is 142 Å². The molecular weight excluding hydrogens is 304 g/mol. The summed E-state index contributed by atoms with van der Waals surface area (Å²) in [5.41, 5.74) is 6.35. The molecule has 4 N–H and O–H groups in total. The molecule has 0 spiro atoms. The summed E-state index contributed by atoms with van der Waals surface area (Å²) in [4.78, 5) is 11.9. The molecule has 128 valence electrons. The highest BCUT2D eigenvalue weighted by Crippen LogP contribution is 2.20. The van der Waals surface area contributed by atoms with E-state index in [0.717, 1.165) is 11.1 Å². The van der Waals surface area contributed by atoms with Crippen molar-refractivity contribution in [2.24, 2.45) is 5.73 Å². The van der Waals surface area contributed by atoms with Gasteiger partial charge in [-0.2, -0.15) is 0 Å². The van der Waals surface area contributed by atoms with Gasteiger partial charge in [-0.05, 0) is 37.1 Å². The van der Waals surface area contributed by atoms with Crippen molar-refractivity contribution in [3.05, 3.63) is 65.7 Å². The molecule has 5 nitrogen and oxygen atoms in total. The van der Waals surface area contributed by atoms with E-state index >= 15 is 0 Å². The van der Waals surface area contributed by atoms with Crippen molar-refractivity contribution in [2.75, 3.05) is 13.2 Å². The second-order valence-corrected chi connectivity index (χ2v) is 6.02. The average Bonchev–Trinajstić information content (AvgIpc) is 2.58. The molecule has 5 heteroatoms. The van der Waals surface area contributed by atoms with Crippen LogP contribution >= 0.6 is 0 Å². The number of carbonyl (C=O) groups is 1. The zero-order valence-electron chi connectivity index (χ0n) is 14.0. The monoisotopic (exact) mass is 328 g/mol. The molecular formula is C19H24N2O3. The van der Waals surface area contributed by atoms with E-state index in [9.17, 15) is 9.90 Å². The summed E-state index contributed by atoms with van der Waals surface area (Å²) in [6, 6.07) is 16.8. The summed E-state index contributed by atoms with van der Waals surface area (Å²) in [5, 5.41) is 13.2. The third-order valence-corrected chi connectivity index (χ3v) is 3.97. The largest absolute Gasteiger partial charge is 0.491 e. The van der Waals surface area contributed by atoms with E-state index < -0.39 is 17.6 Å². The summed E-state index contributed by atoms with van der Waals surface area (Å²) in [6.07, 6.45) is -0.770. The highest BCUT2D eigenvalue weighted by atomic mass is 16.5. The number of nitrogens with two attached hydrogens (primary N) is 1. The number of hydrogen-bond acceptors (Lipinski definition) is 4. The maximum atomic E-state index is 11.9. The van der Waals surface area contributed by atoms with Gasteiger partial charge in [0.2, 0.25) is 5.91 Å². The number of aliphatic hydroxyl groups is 1. The quantitative estimate of drug-likeness (QED) is 0.689. The van der Waals surface area contributed by atoms with Crippen molar-refractivity contribution in [3.8, 4) is 5.75 Å². The van der Waals surface area contributed by atoms with Gasteiger partial charge in [-0.1, -0.05) is 42.5 Å². The van der Waals surface area contributed by atoms with Gasteiger partial charge in [0.05, 0.1) is 0 Å². The number of rotatable bonds is 8. The summed E-state index contributed by atoms with van der Waals surface area (Å²) in [5.74, 6) is 0.204. The fraction of sp³-hybridized carbons (Fsp3) is 0.316. The van der Waals surface area contributed by atoms with Gasteiger partial charge in [0.25, 0.3) is 0 Å². The molecule has 0 aliphatic carbocycles. The fourth-order valence-electron chi connectivity index (χ4n) is 2.38. The van der Waals surface area contributed by atoms with Crippen molar-refractivity contribution in [1.82, 2.24) is 5.32 Å². The molecule has 1 amide bonds. The Balaban J connectivity index is 1.93. The molecule has 0 saturated heterocycles. The van der Waals surface area contributed by atoms with Gasteiger partial charge < -0.3 is 15.6 Å². The first-order valence-corrected chi connectivity index (χ1v) is 7.90. The maximum Gasteiger partial charge on any atom is 0.242 e. The molecule has 0 aliphatic rings. The number of aliphatic hydroxyl groups excluding tert-OH is 1. The summed E-state index contributed by atoms with van der Waals surface area (Å²) in [6.45, 7) is 3.99. The molecule has 0 aromatic heterocycles. The van der Waals surface area contributed by atoms with Crippen LogP contribution in [0.3, 0.4) is 0 Å². The molecule has 0 saturated carbocycles. The zero-order chi connectivity index (χ0) is 17.6. The van der Waals surface area contributed by atoms with Crippen LogP contribution in [0, 0.1) is 6.92 Å². The van der Waals surface area contributed by atoms with Crippen molar-refractivity contribution in [2.45, 2.75) is 25.5 Å². The van der Waals surface area contributed by atoms with Crippen LogP contribution in [0.15, 0.2) is 54.6 Å². The highest BCUT2D eigenvalue weighted by Gasteiger charge is 2.33. The number of carbonyl (C=O) groups excluding carboxylic acids is 1. The lowest BCUT2D eigenvalue weighted by Crippen LogP contribution is -2.53. The number of hydrogen-bond donors (Lipinski definition) is 3. The molecule has 0 radical (unpaired) electrons. The van der Waals surface area contributed by atoms with E-state index in [0.29, 0.717) is 5.75 Å². The number of benzene rings is 2. The smallest absolute Gasteiger partial charge is 0.242 e. The molecule has 0 heterocycles. The molecule has 2 unspecified atom stereocenters. The van der Waals surface area contributed by atoms with E-state index in [4.69, 9.17) is 10.5 Å². The van der Waals surface area contributed by atoms with Crippen LogP contribution in [-0.2, 0) is 10.3 Å². The molecule has 2 atom stereocenters. The third kappa shape index (κ3) is 4.57. The minimum atomic E-state index is -1.05. The fourth-order valence-corrected chi connectivity index (χ4v) is 2.38. The molecule has 24 heavy (non-hydrogen) atoms. The molecule has 0 fully saturated rings. The Bertz CT molecular complexity index is 675. The third-order valence-electron chi connectivity index (χ3n) is 3.97. The van der Waals surface area contributed by atoms with E-state index in [1.54, 1.807) is 6.92 Å². The van der Waals surface area contributed by atoms with Gasteiger partial charge >= 0.3 is 0 Å². The molecule has 2 rings (SSSR count). The lowest BCUT2D eigenvalue weighted by molar-refractivity contribution is -0.124. The van der Waals surface area contributed by atoms with Crippen molar-refractivity contribution >= 4 is 5.91 Å². The van der Waals surface area contributed by atoms with Crippen molar-refractivity contribution < 1.29 is 14.6 Å². The number of primary amides is 1. The predicted octanol–water partition coefficient (Wildman–Crippen LogP) is 1.73. The molecule has 0 bridgehead atoms. The van der Waals surface area contributed by atoms with Crippen LogP contribution in [0.25, 0.3) is 0 Å². The normalized spacial score (nSPS) is 14.6. The van der Waals surface area contributed by atoms with Crippen LogP contribution in [-0.4, -0.2) is 30.3 Å². The Morgan fingerprint density at radius 2 is 1.96 bits per heavy atom. The van der Waals surface area contributed by atoms with Gasteiger partial charge in [0.15, 0.2) is 0 Å². The maximum absolute atomic E-state index is 11.9. The zero-order valence-corrected chi connectivity index (χ0v) is 14.0. The van der Waals surface area contributed by atoms with Crippen LogP contribution in [0.2, 0.25) is 0 Å². The second-order valence-electron chi connectivity index (χ2n) is 6.02. The Kier molecular flexibility index (Phi) is 5.95. The highest BCUT2D eigenvalue weighted by molar-refractivity contribution is 5.85. The Hall–Kier alpha value is -2.37. The topological polar surface area (TPSA) is 84.6 Å². The lowest BCUT2D eigenvalue weighted by Gasteiger charge is -2.29. The van der Waals surface area contributed by atoms with Gasteiger partial charge in [-0.3, -0.25) is 10.1 Å². The van der Waals surface area contributed by atoms with Crippen LogP contribution in [0.4, 0.5) is 0 Å². The van der Waals surface area contributed by atoms with Crippen LogP contribution in [0.5, 0.6) is 5.75 Å². The summed E-state index contributed by atoms with van der Waals surface area (Å²) >= 11 is 0. The van der Waals surface area contributed by atoms with Crippen molar-refractivity contribution in [3.63, 3.8) is 0 Å². The summed E-state index contributed by atoms with van der Waals surface area (Å²) < 4.78 is 5.57. The first-order chi connectivity index (χ1) is 11.4. The van der Waals surface area contributed by atoms with E-state index in [-0.39, 0.29) is 13.2 Å². The Morgan fingerprint density at radius 3 is 2.58 bits per heavy atom. The molecule has 2 aromatic carbocycles. The standard InChI is InChI=1S/C19H24N2O3/c1-14-7-6-10-17(11-14)24-13-16(22)12-21-19(2,18(20)23)15-8-4-3-5-9-15/h3-11,16,21-22H,12-13H2,1-2H3,(H2,20,23). The van der Waals surface area contributed by atoms with Gasteiger partial charge in [-0.15, -0.1) is 0 Å². The van der Waals surface area contributed by atoms with Gasteiger partial charge in [0, 0.05) is 6.54 Å². The van der Waals surface area contributed by atoms with Gasteiger partial charge in [-0.25, -0.2) is 0 Å². The summed E-state index contributed by atoms with van der Waals surface area (Å²) in [7, 11) is 0. The minimum Gasteiger partial charge on any atom is -0.491 e. The number of amides is 1. The minimum absolute atomic E-state index is 0.125. The first-order valence-electron chi connectivity index (χ1n) is 7.90.